The average molecular weight is 479 g/mol. The van der Waals surface area contributed by atoms with Gasteiger partial charge in [-0.15, -0.1) is 0 Å². The molecule has 0 bridgehead atoms. The van der Waals surface area contributed by atoms with Crippen molar-refractivity contribution >= 4 is 35.3 Å². The van der Waals surface area contributed by atoms with Crippen LogP contribution in [0.15, 0.2) is 112 Å². The highest BCUT2D eigenvalue weighted by Crippen LogP contribution is 2.42. The lowest BCUT2D eigenvalue weighted by molar-refractivity contribution is -0.114. The van der Waals surface area contributed by atoms with Crippen LogP contribution in [-0.2, 0) is 9.59 Å². The first-order valence-electron chi connectivity index (χ1n) is 11.9. The Morgan fingerprint density at radius 3 is 2.14 bits per heavy atom. The summed E-state index contributed by atoms with van der Waals surface area (Å²) in [7, 11) is 0. The summed E-state index contributed by atoms with van der Waals surface area (Å²) in [6.07, 6.45) is 10.1. The molecule has 2 amide bonds. The molecule has 6 heteroatoms. The number of hydrogen-bond donors (Lipinski definition) is 0. The zero-order valence-corrected chi connectivity index (χ0v) is 19.9. The van der Waals surface area contributed by atoms with Gasteiger partial charge in [0.15, 0.2) is 0 Å². The molecule has 2 aromatic heterocycles. The van der Waals surface area contributed by atoms with Crippen LogP contribution in [0, 0.1) is 0 Å². The first kappa shape index (κ1) is 23.2. The van der Waals surface area contributed by atoms with Gasteiger partial charge in [-0.2, -0.15) is 0 Å². The summed E-state index contributed by atoms with van der Waals surface area (Å²) in [6, 6.07) is 24.1. The molecule has 4 aromatic rings. The maximum Gasteiger partial charge on any atom is 0.251 e. The molecule has 5 rings (SSSR count). The minimum atomic E-state index is -0.259. The van der Waals surface area contributed by atoms with Crippen molar-refractivity contribution in [1.29, 1.82) is 0 Å². The maximum atomic E-state index is 13.6. The van der Waals surface area contributed by atoms with Gasteiger partial charge in [0.25, 0.3) is 11.8 Å². The fourth-order valence-corrected chi connectivity index (χ4v) is 4.65. The van der Waals surface area contributed by atoms with Gasteiger partial charge in [0, 0.05) is 29.6 Å². The topological polar surface area (TPSA) is 66.9 Å². The van der Waals surface area contributed by atoms with Crippen LogP contribution in [0.2, 0.25) is 0 Å². The molecule has 0 N–H and O–H groups in total. The summed E-state index contributed by atoms with van der Waals surface area (Å²) < 4.78 is 10.7. The van der Waals surface area contributed by atoms with Gasteiger partial charge >= 0.3 is 0 Å². The SMILES string of the molecule is C[C@@H]1C[C@H](N(C(=O)/C=C/c2ccco2)c2ccccc2)c2ccccc2N1C(=O)/C=C/c1ccco1. The molecule has 180 valence electrons. The second kappa shape index (κ2) is 10.4. The van der Waals surface area contributed by atoms with Gasteiger partial charge in [-0.05, 0) is 73.5 Å². The predicted octanol–water partition coefficient (Wildman–Crippen LogP) is 6.50. The number of hydrogen-bond acceptors (Lipinski definition) is 4. The van der Waals surface area contributed by atoms with Gasteiger partial charge in [-0.1, -0.05) is 36.4 Å². The highest BCUT2D eigenvalue weighted by molar-refractivity contribution is 6.07. The second-order valence-corrected chi connectivity index (χ2v) is 8.61. The summed E-state index contributed by atoms with van der Waals surface area (Å²) in [5.41, 5.74) is 2.49. The van der Waals surface area contributed by atoms with Gasteiger partial charge in [0.05, 0.1) is 18.6 Å². The quantitative estimate of drug-likeness (QED) is 0.297. The van der Waals surface area contributed by atoms with Crippen LogP contribution in [0.25, 0.3) is 12.2 Å². The third-order valence-electron chi connectivity index (χ3n) is 6.25. The molecule has 0 fully saturated rings. The van der Waals surface area contributed by atoms with Gasteiger partial charge in [0.1, 0.15) is 11.5 Å². The lowest BCUT2D eigenvalue weighted by atomic mass is 9.89. The number of rotatable bonds is 6. The van der Waals surface area contributed by atoms with Crippen molar-refractivity contribution in [3.05, 3.63) is 121 Å². The van der Waals surface area contributed by atoms with Crippen LogP contribution < -0.4 is 9.80 Å². The van der Waals surface area contributed by atoms with Gasteiger partial charge in [-0.25, -0.2) is 0 Å². The van der Waals surface area contributed by atoms with Gasteiger partial charge in [-0.3, -0.25) is 9.59 Å². The number of carbonyl (C=O) groups excluding carboxylic acids is 2. The van der Waals surface area contributed by atoms with E-state index in [0.717, 1.165) is 16.9 Å². The molecule has 1 aliphatic rings. The molecule has 0 unspecified atom stereocenters. The Morgan fingerprint density at radius 1 is 0.833 bits per heavy atom. The van der Waals surface area contributed by atoms with E-state index < -0.39 is 0 Å². The fraction of sp³-hybridized carbons (Fsp3) is 0.133. The number of amides is 2. The van der Waals surface area contributed by atoms with Crippen LogP contribution >= 0.6 is 0 Å². The molecule has 0 aliphatic carbocycles. The molecule has 1 aliphatic heterocycles. The lowest BCUT2D eigenvalue weighted by Crippen LogP contribution is -2.47. The summed E-state index contributed by atoms with van der Waals surface area (Å²) in [6.45, 7) is 2.01. The Hall–Kier alpha value is -4.58. The highest BCUT2D eigenvalue weighted by Gasteiger charge is 2.37. The summed E-state index contributed by atoms with van der Waals surface area (Å²) in [5, 5.41) is 0. The van der Waals surface area contributed by atoms with Crippen LogP contribution in [0.3, 0.4) is 0 Å². The zero-order chi connectivity index (χ0) is 24.9. The standard InChI is InChI=1S/C30H26N2O4/c1-22-21-28(32(23-9-3-2-4-10-23)30(34)18-16-25-12-8-20-36-25)26-13-5-6-14-27(26)31(22)29(33)17-15-24-11-7-19-35-24/h2-20,22,28H,21H2,1H3/b17-15+,18-16+/t22-,28+/m1/s1. The molecular weight excluding hydrogens is 452 g/mol. The summed E-state index contributed by atoms with van der Waals surface area (Å²) in [4.78, 5) is 30.5. The van der Waals surface area contributed by atoms with Crippen molar-refractivity contribution in [3.63, 3.8) is 0 Å². The Bertz CT molecular complexity index is 1370. The summed E-state index contributed by atoms with van der Waals surface area (Å²) in [5.74, 6) is 0.916. The Labute approximate surface area is 209 Å². The minimum Gasteiger partial charge on any atom is -0.465 e. The largest absolute Gasteiger partial charge is 0.465 e. The highest BCUT2D eigenvalue weighted by atomic mass is 16.3. The van der Waals surface area contributed by atoms with Crippen LogP contribution in [-0.4, -0.2) is 17.9 Å². The molecule has 36 heavy (non-hydrogen) atoms. The third kappa shape index (κ3) is 4.79. The second-order valence-electron chi connectivity index (χ2n) is 8.61. The van der Waals surface area contributed by atoms with E-state index in [1.165, 1.54) is 12.2 Å². The molecule has 0 radical (unpaired) electrons. The zero-order valence-electron chi connectivity index (χ0n) is 19.9. The predicted molar refractivity (Wildman–Crippen MR) is 140 cm³/mol. The molecule has 6 nitrogen and oxygen atoms in total. The maximum absolute atomic E-state index is 13.6. The van der Waals surface area contributed by atoms with Gasteiger partial charge < -0.3 is 18.6 Å². The minimum absolute atomic E-state index is 0.139. The van der Waals surface area contributed by atoms with Crippen LogP contribution in [0.4, 0.5) is 11.4 Å². The first-order chi connectivity index (χ1) is 17.6. The van der Waals surface area contributed by atoms with E-state index in [0.29, 0.717) is 17.9 Å². The van der Waals surface area contributed by atoms with Gasteiger partial charge in [0.2, 0.25) is 0 Å². The number of para-hydroxylation sites is 2. The molecule has 2 atom stereocenters. The molecule has 2 aromatic carbocycles. The first-order valence-corrected chi connectivity index (χ1v) is 11.9. The van der Waals surface area contributed by atoms with Crippen LogP contribution in [0.1, 0.15) is 36.5 Å². The van der Waals surface area contributed by atoms with Crippen molar-refractivity contribution in [3.8, 4) is 0 Å². The van der Waals surface area contributed by atoms with Crippen molar-refractivity contribution in [1.82, 2.24) is 0 Å². The monoisotopic (exact) mass is 478 g/mol. The number of benzene rings is 2. The molecule has 0 saturated heterocycles. The van der Waals surface area contributed by atoms with E-state index in [1.807, 2.05) is 61.5 Å². The van der Waals surface area contributed by atoms with Crippen molar-refractivity contribution in [2.75, 3.05) is 9.80 Å². The number of anilines is 2. The van der Waals surface area contributed by atoms with E-state index in [1.54, 1.807) is 58.7 Å². The number of carbonyl (C=O) groups is 2. The van der Waals surface area contributed by atoms with E-state index >= 15 is 0 Å². The fourth-order valence-electron chi connectivity index (χ4n) is 4.65. The van der Waals surface area contributed by atoms with E-state index in [-0.39, 0.29) is 23.9 Å². The normalized spacial score (nSPS) is 17.4. The van der Waals surface area contributed by atoms with E-state index in [9.17, 15) is 9.59 Å². The Balaban J connectivity index is 1.51. The molecule has 3 heterocycles. The number of nitrogens with zero attached hydrogens (tertiary/aromatic N) is 2. The molecule has 0 saturated carbocycles. The Kier molecular flexibility index (Phi) is 6.67. The van der Waals surface area contributed by atoms with Crippen LogP contribution in [0.5, 0.6) is 0 Å². The van der Waals surface area contributed by atoms with E-state index in [4.69, 9.17) is 8.83 Å². The lowest BCUT2D eigenvalue weighted by Gasteiger charge is -2.43. The summed E-state index contributed by atoms with van der Waals surface area (Å²) >= 11 is 0. The van der Waals surface area contributed by atoms with Crippen molar-refractivity contribution < 1.29 is 18.4 Å². The van der Waals surface area contributed by atoms with Crippen molar-refractivity contribution in [2.24, 2.45) is 0 Å². The number of fused-ring (bicyclic) bond motifs is 1. The third-order valence-corrected chi connectivity index (χ3v) is 6.25. The smallest absolute Gasteiger partial charge is 0.251 e. The van der Waals surface area contributed by atoms with Crippen molar-refractivity contribution in [2.45, 2.75) is 25.4 Å². The molecule has 0 spiro atoms. The average Bonchev–Trinajstić information content (AvgIpc) is 3.61. The number of furan rings is 2. The Morgan fingerprint density at radius 2 is 1.47 bits per heavy atom. The van der Waals surface area contributed by atoms with E-state index in [2.05, 4.69) is 0 Å². The molecular formula is C30H26N2O4.